The molecule has 0 spiro atoms. The number of hydrogen-bond donors (Lipinski definition) is 1. The number of fused-ring (bicyclic) bond motifs is 1. The first-order valence-electron chi connectivity index (χ1n) is 12.0. The van der Waals surface area contributed by atoms with E-state index in [9.17, 15) is 10.1 Å². The summed E-state index contributed by atoms with van der Waals surface area (Å²) in [6.45, 7) is 4.09. The van der Waals surface area contributed by atoms with E-state index >= 15 is 0 Å². The second-order valence-electron chi connectivity index (χ2n) is 9.05. The smallest absolute Gasteiger partial charge is 0.258 e. The van der Waals surface area contributed by atoms with Crippen molar-refractivity contribution in [2.24, 2.45) is 0 Å². The van der Waals surface area contributed by atoms with Gasteiger partial charge in [-0.25, -0.2) is 0 Å². The highest BCUT2D eigenvalue weighted by Gasteiger charge is 2.28. The van der Waals surface area contributed by atoms with Gasteiger partial charge in [0.05, 0.1) is 17.2 Å². The summed E-state index contributed by atoms with van der Waals surface area (Å²) in [5, 5.41) is 14.5. The lowest BCUT2D eigenvalue weighted by Crippen LogP contribution is -2.17. The molecule has 1 aliphatic carbocycles. The number of allylic oxidation sites excluding steroid dienone is 1. The molecule has 1 amide bonds. The molecule has 0 atom stereocenters. The van der Waals surface area contributed by atoms with Crippen LogP contribution in [0.3, 0.4) is 0 Å². The van der Waals surface area contributed by atoms with E-state index in [1.165, 1.54) is 10.4 Å². The minimum atomic E-state index is -0.0724. The zero-order valence-corrected chi connectivity index (χ0v) is 21.8. The van der Waals surface area contributed by atoms with Crippen LogP contribution in [0.2, 0.25) is 5.02 Å². The van der Waals surface area contributed by atoms with Crippen molar-refractivity contribution in [1.82, 2.24) is 4.57 Å². The predicted molar refractivity (Wildman–Crippen MR) is 149 cm³/mol. The van der Waals surface area contributed by atoms with Gasteiger partial charge in [0, 0.05) is 27.0 Å². The number of rotatable bonds is 5. The van der Waals surface area contributed by atoms with E-state index < -0.39 is 0 Å². The monoisotopic (exact) mass is 511 g/mol. The lowest BCUT2D eigenvalue weighted by Gasteiger charge is -2.14. The van der Waals surface area contributed by atoms with E-state index in [0.29, 0.717) is 10.6 Å². The van der Waals surface area contributed by atoms with E-state index in [1.54, 1.807) is 23.5 Å². The molecule has 2 aromatic carbocycles. The van der Waals surface area contributed by atoms with Crippen LogP contribution in [0.4, 0.5) is 5.69 Å². The topological polar surface area (TPSA) is 57.8 Å². The van der Waals surface area contributed by atoms with Crippen molar-refractivity contribution < 1.29 is 4.79 Å². The maximum atomic E-state index is 13.6. The fourth-order valence-electron chi connectivity index (χ4n) is 4.90. The number of thiophene rings is 1. The molecular weight excluding hydrogens is 486 g/mol. The quantitative estimate of drug-likeness (QED) is 0.276. The molecule has 6 heteroatoms. The van der Waals surface area contributed by atoms with Crippen molar-refractivity contribution in [3.63, 3.8) is 0 Å². The van der Waals surface area contributed by atoms with Gasteiger partial charge in [-0.3, -0.25) is 4.79 Å². The molecule has 36 heavy (non-hydrogen) atoms. The third-order valence-electron chi connectivity index (χ3n) is 6.64. The number of nitrogens with zero attached hydrogens (tertiary/aromatic N) is 2. The van der Waals surface area contributed by atoms with Gasteiger partial charge in [-0.1, -0.05) is 41.9 Å². The summed E-state index contributed by atoms with van der Waals surface area (Å²) < 4.78 is 2.17. The number of halogens is 1. The lowest BCUT2D eigenvalue weighted by atomic mass is 9.95. The zero-order valence-electron chi connectivity index (χ0n) is 20.3. The van der Waals surface area contributed by atoms with Crippen molar-refractivity contribution in [3.05, 3.63) is 104 Å². The van der Waals surface area contributed by atoms with Crippen LogP contribution in [-0.2, 0) is 12.8 Å². The number of nitriles is 1. The van der Waals surface area contributed by atoms with E-state index in [1.807, 2.05) is 62.4 Å². The molecule has 5 rings (SSSR count). The first-order valence-corrected chi connectivity index (χ1v) is 13.2. The number of hydrogen-bond acceptors (Lipinski definition) is 3. The highest BCUT2D eigenvalue weighted by molar-refractivity contribution is 7.15. The highest BCUT2D eigenvalue weighted by atomic mass is 35.5. The molecule has 4 aromatic rings. The summed E-state index contributed by atoms with van der Waals surface area (Å²) in [6, 6.07) is 21.3. The first kappa shape index (κ1) is 24.1. The third-order valence-corrected chi connectivity index (χ3v) is 8.15. The Bertz CT molecular complexity index is 1520. The third kappa shape index (κ3) is 4.63. The van der Waals surface area contributed by atoms with Gasteiger partial charge in [-0.05, 0) is 92.6 Å². The minimum absolute atomic E-state index is 0.0724. The average Bonchev–Trinajstić information content (AvgIpc) is 3.39. The fraction of sp³-hybridized carbons (Fsp3) is 0.200. The molecule has 0 aliphatic heterocycles. The largest absolute Gasteiger partial charge is 0.322 e. The average molecular weight is 512 g/mol. The number of amides is 1. The molecule has 0 saturated carbocycles. The summed E-state index contributed by atoms with van der Waals surface area (Å²) in [4.78, 5) is 14.9. The van der Waals surface area contributed by atoms with Gasteiger partial charge >= 0.3 is 0 Å². The van der Waals surface area contributed by atoms with Crippen LogP contribution >= 0.6 is 22.9 Å². The molecule has 1 aliphatic rings. The Morgan fingerprint density at radius 1 is 1.08 bits per heavy atom. The van der Waals surface area contributed by atoms with Crippen LogP contribution in [0.5, 0.6) is 0 Å². The Morgan fingerprint density at radius 3 is 2.61 bits per heavy atom. The maximum absolute atomic E-state index is 13.6. The zero-order chi connectivity index (χ0) is 25.2. The molecule has 2 aromatic heterocycles. The number of anilines is 1. The van der Waals surface area contributed by atoms with Gasteiger partial charge in [0.15, 0.2) is 0 Å². The molecule has 2 heterocycles. The van der Waals surface area contributed by atoms with E-state index in [2.05, 4.69) is 22.0 Å². The summed E-state index contributed by atoms with van der Waals surface area (Å²) in [6.07, 6.45) is 6.07. The normalized spacial score (nSPS) is 13.2. The van der Waals surface area contributed by atoms with Gasteiger partial charge in [0.25, 0.3) is 5.91 Å². The fourth-order valence-corrected chi connectivity index (χ4v) is 6.58. The first-order chi connectivity index (χ1) is 17.5. The second kappa shape index (κ2) is 10.2. The van der Waals surface area contributed by atoms with Crippen molar-refractivity contribution in [3.8, 4) is 11.1 Å². The second-order valence-corrected chi connectivity index (χ2v) is 10.6. The van der Waals surface area contributed by atoms with Gasteiger partial charge in [0.1, 0.15) is 5.00 Å². The molecule has 4 nitrogen and oxygen atoms in total. The molecular formula is C30H26ClN3OS. The number of aryl methyl sites for hydroxylation is 2. The number of para-hydroxylation sites is 1. The van der Waals surface area contributed by atoms with Crippen LogP contribution in [0.15, 0.2) is 60.7 Å². The van der Waals surface area contributed by atoms with Gasteiger partial charge in [-0.15, -0.1) is 11.3 Å². The number of carbonyl (C=O) groups is 1. The van der Waals surface area contributed by atoms with Crippen LogP contribution < -0.4 is 5.32 Å². The SMILES string of the molecule is Cc1cc(/C=C(/C#N)c2cccc(Cl)c2)c(C)n1-c1sc2c(c1C(=O)Nc1ccccc1)CCCC2. The van der Waals surface area contributed by atoms with Crippen LogP contribution in [0.25, 0.3) is 16.7 Å². The van der Waals surface area contributed by atoms with Gasteiger partial charge in [-0.2, -0.15) is 5.26 Å². The molecule has 0 radical (unpaired) electrons. The highest BCUT2D eigenvalue weighted by Crippen LogP contribution is 2.39. The van der Waals surface area contributed by atoms with Gasteiger partial charge in [0.2, 0.25) is 0 Å². The van der Waals surface area contributed by atoms with Gasteiger partial charge < -0.3 is 9.88 Å². The number of carbonyl (C=O) groups excluding carboxylic acids is 1. The number of nitrogens with one attached hydrogen (secondary N) is 1. The number of aromatic nitrogens is 1. The minimum Gasteiger partial charge on any atom is -0.322 e. The van der Waals surface area contributed by atoms with E-state index in [0.717, 1.165) is 64.4 Å². The van der Waals surface area contributed by atoms with Crippen LogP contribution in [0.1, 0.15) is 56.2 Å². The molecule has 0 saturated heterocycles. The standard InChI is InChI=1S/C30H26ClN3OS/c1-19-15-22(16-23(18-32)21-9-8-10-24(31)17-21)20(2)34(19)30-28(26-13-6-7-14-27(26)36-30)29(35)33-25-11-4-3-5-12-25/h3-5,8-12,15-17H,6-7,13-14H2,1-2H3,(H,33,35)/b23-16-. The maximum Gasteiger partial charge on any atom is 0.258 e. The van der Waals surface area contributed by atoms with Crippen molar-refractivity contribution in [2.75, 3.05) is 5.32 Å². The lowest BCUT2D eigenvalue weighted by molar-refractivity contribution is 0.102. The van der Waals surface area contributed by atoms with E-state index in [4.69, 9.17) is 11.6 Å². The number of benzene rings is 2. The molecule has 1 N–H and O–H groups in total. The molecule has 0 unspecified atom stereocenters. The Labute approximate surface area is 220 Å². The van der Waals surface area contributed by atoms with E-state index in [-0.39, 0.29) is 5.91 Å². The summed E-state index contributed by atoms with van der Waals surface area (Å²) in [7, 11) is 0. The molecule has 180 valence electrons. The molecule has 0 fully saturated rings. The van der Waals surface area contributed by atoms with Crippen molar-refractivity contribution in [2.45, 2.75) is 39.5 Å². The Hall–Kier alpha value is -3.59. The van der Waals surface area contributed by atoms with Crippen molar-refractivity contribution >= 4 is 46.2 Å². The predicted octanol–water partition coefficient (Wildman–Crippen LogP) is 8.00. The van der Waals surface area contributed by atoms with Crippen molar-refractivity contribution in [1.29, 1.82) is 5.26 Å². The summed E-state index contributed by atoms with van der Waals surface area (Å²) in [5.74, 6) is -0.0724. The molecule has 0 bridgehead atoms. The Balaban J connectivity index is 1.61. The summed E-state index contributed by atoms with van der Waals surface area (Å²) in [5.41, 5.74) is 7.03. The Morgan fingerprint density at radius 2 is 1.86 bits per heavy atom. The Kier molecular flexibility index (Phi) is 6.82. The van der Waals surface area contributed by atoms with Crippen LogP contribution in [-0.4, -0.2) is 10.5 Å². The summed E-state index contributed by atoms with van der Waals surface area (Å²) >= 11 is 7.88. The van der Waals surface area contributed by atoms with Crippen LogP contribution in [0, 0.1) is 25.2 Å².